The molecule has 1 aromatic carbocycles. The van der Waals surface area contributed by atoms with E-state index in [2.05, 4.69) is 0 Å². The molecule has 16 heavy (non-hydrogen) atoms. The zero-order valence-electron chi connectivity index (χ0n) is 8.73. The molecule has 1 amide bonds. The molecular weight excluding hydrogens is 210 g/mol. The first-order valence-corrected chi connectivity index (χ1v) is 5.15. The summed E-state index contributed by atoms with van der Waals surface area (Å²) in [6.45, 7) is 1.02. The molecule has 4 N–H and O–H groups in total. The normalized spacial score (nSPS) is 21.2. The monoisotopic (exact) mass is 223 g/mol. The number of rotatable bonds is 2. The molecule has 1 atom stereocenters. The highest BCUT2D eigenvalue weighted by Crippen LogP contribution is 2.24. The minimum absolute atomic E-state index is 0.00937. The second kappa shape index (κ2) is 3.62. The fraction of sp³-hybridized carbons (Fsp3) is 0.500. The van der Waals surface area contributed by atoms with E-state index in [9.17, 15) is 14.4 Å². The van der Waals surface area contributed by atoms with Crippen LogP contribution >= 0.6 is 0 Å². The number of anilines is 2. The summed E-state index contributed by atoms with van der Waals surface area (Å²) in [5.41, 5.74) is 9.77. The molecule has 0 bridgehead atoms. The summed E-state index contributed by atoms with van der Waals surface area (Å²) in [6.07, 6.45) is 1.49. The Balaban J connectivity index is 2.21. The molecular formula is C10H13N3O3. The highest BCUT2D eigenvalue weighted by molar-refractivity contribution is 5.79. The SMILES string of the molecule is NC(=O)C1CCCN(c2c(N)c(=O)c2=O)C1. The molecule has 2 rings (SSSR count). The second-order valence-electron chi connectivity index (χ2n) is 4.11. The van der Waals surface area contributed by atoms with Crippen LogP contribution in [0.25, 0.3) is 0 Å². The van der Waals surface area contributed by atoms with Gasteiger partial charge in [0.25, 0.3) is 10.9 Å². The zero-order chi connectivity index (χ0) is 11.9. The summed E-state index contributed by atoms with van der Waals surface area (Å²) >= 11 is 0. The number of carbonyl (C=O) groups excluding carboxylic acids is 1. The molecule has 6 nitrogen and oxygen atoms in total. The smallest absolute Gasteiger partial charge is 0.253 e. The summed E-state index contributed by atoms with van der Waals surface area (Å²) in [5, 5.41) is 0. The maximum Gasteiger partial charge on any atom is 0.253 e. The Kier molecular flexibility index (Phi) is 2.41. The summed E-state index contributed by atoms with van der Waals surface area (Å²) in [6, 6.07) is 0. The molecule has 1 heterocycles. The van der Waals surface area contributed by atoms with Crippen molar-refractivity contribution in [1.29, 1.82) is 0 Å². The molecule has 1 aliphatic rings. The van der Waals surface area contributed by atoms with Gasteiger partial charge in [0.1, 0.15) is 11.4 Å². The van der Waals surface area contributed by atoms with E-state index in [1.807, 2.05) is 0 Å². The van der Waals surface area contributed by atoms with Crippen LogP contribution in [0.1, 0.15) is 12.8 Å². The quantitative estimate of drug-likeness (QED) is 0.597. The minimum Gasteiger partial charge on any atom is -0.394 e. The number of carbonyl (C=O) groups is 1. The van der Waals surface area contributed by atoms with Gasteiger partial charge in [0.2, 0.25) is 5.91 Å². The van der Waals surface area contributed by atoms with E-state index in [0.29, 0.717) is 13.1 Å². The van der Waals surface area contributed by atoms with Gasteiger partial charge in [-0.2, -0.15) is 0 Å². The third-order valence-electron chi connectivity index (χ3n) is 3.06. The van der Waals surface area contributed by atoms with Gasteiger partial charge in [-0.15, -0.1) is 0 Å². The summed E-state index contributed by atoms with van der Waals surface area (Å²) in [5.74, 6) is -0.639. The molecule has 86 valence electrons. The number of nitrogen functional groups attached to an aromatic ring is 1. The van der Waals surface area contributed by atoms with Crippen LogP contribution < -0.4 is 27.2 Å². The van der Waals surface area contributed by atoms with Crippen LogP contribution in [0.15, 0.2) is 9.59 Å². The number of nitrogens with two attached hydrogens (primary N) is 2. The van der Waals surface area contributed by atoms with Crippen LogP contribution in [-0.4, -0.2) is 19.0 Å². The Labute approximate surface area is 91.5 Å². The van der Waals surface area contributed by atoms with E-state index in [-0.39, 0.29) is 23.2 Å². The minimum atomic E-state index is -0.629. The third-order valence-corrected chi connectivity index (χ3v) is 3.06. The first-order chi connectivity index (χ1) is 7.52. The number of hydrogen-bond donors (Lipinski definition) is 2. The summed E-state index contributed by atoms with van der Waals surface area (Å²) in [4.78, 5) is 35.0. The van der Waals surface area contributed by atoms with Gasteiger partial charge in [0, 0.05) is 13.1 Å². The molecule has 1 fully saturated rings. The maximum absolute atomic E-state index is 11.3. The number of hydrogen-bond acceptors (Lipinski definition) is 5. The molecule has 0 saturated carbocycles. The lowest BCUT2D eigenvalue weighted by atomic mass is 9.96. The molecule has 0 spiro atoms. The van der Waals surface area contributed by atoms with Gasteiger partial charge in [0.05, 0.1) is 5.92 Å². The molecule has 0 aliphatic carbocycles. The van der Waals surface area contributed by atoms with Gasteiger partial charge in [-0.05, 0) is 12.8 Å². The molecule has 1 aliphatic heterocycles. The van der Waals surface area contributed by atoms with Gasteiger partial charge < -0.3 is 16.4 Å². The molecule has 0 aromatic heterocycles. The van der Waals surface area contributed by atoms with E-state index in [1.165, 1.54) is 0 Å². The van der Waals surface area contributed by atoms with E-state index in [4.69, 9.17) is 11.5 Å². The summed E-state index contributed by atoms with van der Waals surface area (Å²) < 4.78 is 0. The van der Waals surface area contributed by atoms with Gasteiger partial charge in [-0.1, -0.05) is 0 Å². The van der Waals surface area contributed by atoms with Crippen LogP contribution in [0.5, 0.6) is 0 Å². The molecule has 6 heteroatoms. The van der Waals surface area contributed by atoms with Crippen molar-refractivity contribution in [2.45, 2.75) is 12.8 Å². The lowest BCUT2D eigenvalue weighted by Crippen LogP contribution is -2.48. The van der Waals surface area contributed by atoms with Crippen molar-refractivity contribution >= 4 is 17.3 Å². The Hall–Kier alpha value is -1.85. The van der Waals surface area contributed by atoms with Crippen molar-refractivity contribution in [3.8, 4) is 0 Å². The van der Waals surface area contributed by atoms with Crippen LogP contribution in [-0.2, 0) is 4.79 Å². The van der Waals surface area contributed by atoms with Crippen molar-refractivity contribution in [3.05, 3.63) is 20.4 Å². The van der Waals surface area contributed by atoms with Crippen LogP contribution in [0.2, 0.25) is 0 Å². The third kappa shape index (κ3) is 1.46. The number of nitrogens with zero attached hydrogens (tertiary/aromatic N) is 1. The first kappa shape index (κ1) is 10.7. The summed E-state index contributed by atoms with van der Waals surface area (Å²) in [7, 11) is 0. The highest BCUT2D eigenvalue weighted by atomic mass is 16.2. The van der Waals surface area contributed by atoms with Gasteiger partial charge in [-0.25, -0.2) is 0 Å². The van der Waals surface area contributed by atoms with Gasteiger partial charge in [0.15, 0.2) is 0 Å². The molecule has 1 unspecified atom stereocenters. The Morgan fingerprint density at radius 2 is 2.00 bits per heavy atom. The van der Waals surface area contributed by atoms with Crippen molar-refractivity contribution in [2.24, 2.45) is 11.7 Å². The number of primary amides is 1. The fourth-order valence-corrected chi connectivity index (χ4v) is 2.12. The van der Waals surface area contributed by atoms with Crippen molar-refractivity contribution < 1.29 is 4.79 Å². The van der Waals surface area contributed by atoms with E-state index in [0.717, 1.165) is 12.8 Å². The standard InChI is InChI=1S/C10H13N3O3/c11-6-7(9(15)8(6)14)13-3-1-2-5(4-13)10(12)16/h5H,1-4,11H2,(H2,12,16). The fourth-order valence-electron chi connectivity index (χ4n) is 2.12. The van der Waals surface area contributed by atoms with Gasteiger partial charge in [-0.3, -0.25) is 14.4 Å². The zero-order valence-corrected chi connectivity index (χ0v) is 8.73. The predicted molar refractivity (Wildman–Crippen MR) is 59.9 cm³/mol. The highest BCUT2D eigenvalue weighted by Gasteiger charge is 2.30. The van der Waals surface area contributed by atoms with Crippen molar-refractivity contribution in [2.75, 3.05) is 23.7 Å². The average Bonchev–Trinajstić information content (AvgIpc) is 2.29. The van der Waals surface area contributed by atoms with E-state index >= 15 is 0 Å². The average molecular weight is 223 g/mol. The van der Waals surface area contributed by atoms with E-state index in [1.54, 1.807) is 4.90 Å². The van der Waals surface area contributed by atoms with Crippen molar-refractivity contribution in [3.63, 3.8) is 0 Å². The number of amides is 1. The topological polar surface area (TPSA) is 106 Å². The lowest BCUT2D eigenvalue weighted by molar-refractivity contribution is -0.122. The number of piperidine rings is 1. The van der Waals surface area contributed by atoms with E-state index < -0.39 is 10.9 Å². The predicted octanol–water partition coefficient (Wildman–Crippen LogP) is -1.43. The largest absolute Gasteiger partial charge is 0.394 e. The van der Waals surface area contributed by atoms with Gasteiger partial charge >= 0.3 is 0 Å². The Bertz CT molecular complexity index is 501. The Morgan fingerprint density at radius 1 is 1.31 bits per heavy atom. The molecule has 0 radical (unpaired) electrons. The second-order valence-corrected chi connectivity index (χ2v) is 4.11. The molecule has 1 saturated heterocycles. The van der Waals surface area contributed by atoms with Crippen LogP contribution in [0.3, 0.4) is 0 Å². The van der Waals surface area contributed by atoms with Crippen LogP contribution in [0.4, 0.5) is 11.4 Å². The lowest BCUT2D eigenvalue weighted by Gasteiger charge is -2.33. The molecule has 1 aromatic rings. The Morgan fingerprint density at radius 3 is 2.56 bits per heavy atom. The van der Waals surface area contributed by atoms with Crippen molar-refractivity contribution in [1.82, 2.24) is 0 Å². The van der Waals surface area contributed by atoms with Crippen LogP contribution in [0, 0.1) is 5.92 Å². The first-order valence-electron chi connectivity index (χ1n) is 5.15. The maximum atomic E-state index is 11.3.